The maximum atomic E-state index is 2.34. The zero-order valence-electron chi connectivity index (χ0n) is 20.7. The Morgan fingerprint density at radius 2 is 1.36 bits per heavy atom. The first-order chi connectivity index (χ1) is 17.7. The number of fused-ring (bicyclic) bond motifs is 1. The smallest absolute Gasteiger partial charge is 0.0568 e. The highest BCUT2D eigenvalue weighted by Gasteiger charge is 2.21. The maximum absolute atomic E-state index is 2.34. The second kappa shape index (κ2) is 9.36. The number of rotatable bonds is 3. The Balaban J connectivity index is 1.72. The number of hydrogen-bond donors (Lipinski definition) is 0. The molecule has 36 heavy (non-hydrogen) atoms. The Bertz CT molecular complexity index is 1710. The van der Waals surface area contributed by atoms with Gasteiger partial charge in [-0.2, -0.15) is 0 Å². The molecule has 1 aliphatic rings. The van der Waals surface area contributed by atoms with E-state index in [1.165, 1.54) is 54.9 Å². The van der Waals surface area contributed by atoms with Gasteiger partial charge in [0, 0.05) is 23.5 Å². The predicted molar refractivity (Wildman–Crippen MR) is 153 cm³/mol. The van der Waals surface area contributed by atoms with E-state index in [2.05, 4.69) is 152 Å². The van der Waals surface area contributed by atoms with Crippen LogP contribution < -0.4 is 10.4 Å². The molecular formula is C35H29N. The van der Waals surface area contributed by atoms with Crippen LogP contribution in [-0.2, 0) is 7.05 Å². The number of aromatic nitrogens is 1. The van der Waals surface area contributed by atoms with E-state index in [0.717, 1.165) is 0 Å². The fourth-order valence-electron chi connectivity index (χ4n) is 5.47. The summed E-state index contributed by atoms with van der Waals surface area (Å²) in [6.07, 6.45) is 8.76. The number of nitrogens with zero attached hydrogens (tertiary/aromatic N) is 1. The molecule has 0 aliphatic heterocycles. The molecule has 1 aromatic heterocycles. The third-order valence-electron chi connectivity index (χ3n) is 7.25. The quantitative estimate of drug-likeness (QED) is 0.271. The minimum Gasteiger partial charge on any atom is -0.343 e. The van der Waals surface area contributed by atoms with Crippen LogP contribution in [0.15, 0.2) is 133 Å². The van der Waals surface area contributed by atoms with Crippen molar-refractivity contribution in [2.24, 2.45) is 13.0 Å². The molecule has 0 fully saturated rings. The largest absolute Gasteiger partial charge is 0.343 e. The molecule has 0 saturated carbocycles. The van der Waals surface area contributed by atoms with E-state index < -0.39 is 0 Å². The van der Waals surface area contributed by atoms with Crippen molar-refractivity contribution >= 4 is 22.0 Å². The molecule has 1 unspecified atom stereocenters. The summed E-state index contributed by atoms with van der Waals surface area (Å²) in [6.45, 7) is 2.26. The number of hydrogen-bond acceptors (Lipinski definition) is 0. The second-order valence-electron chi connectivity index (χ2n) is 9.47. The van der Waals surface area contributed by atoms with Crippen molar-refractivity contribution in [2.75, 3.05) is 0 Å². The third-order valence-corrected chi connectivity index (χ3v) is 7.25. The van der Waals surface area contributed by atoms with Crippen LogP contribution in [0, 0.1) is 5.92 Å². The van der Waals surface area contributed by atoms with Gasteiger partial charge < -0.3 is 4.57 Å². The third kappa shape index (κ3) is 3.83. The molecule has 5 aromatic rings. The number of para-hydroxylation sites is 1. The molecule has 6 rings (SSSR count). The van der Waals surface area contributed by atoms with E-state index in [9.17, 15) is 0 Å². The van der Waals surface area contributed by atoms with Crippen molar-refractivity contribution in [3.63, 3.8) is 0 Å². The van der Waals surface area contributed by atoms with Gasteiger partial charge in [-0.1, -0.05) is 134 Å². The summed E-state index contributed by atoms with van der Waals surface area (Å²) < 4.78 is 2.34. The molecule has 0 saturated heterocycles. The molecule has 1 atom stereocenters. The van der Waals surface area contributed by atoms with Gasteiger partial charge in [-0.05, 0) is 44.7 Å². The van der Waals surface area contributed by atoms with Gasteiger partial charge in [0.05, 0.1) is 5.69 Å². The highest BCUT2D eigenvalue weighted by atomic mass is 15.0. The lowest BCUT2D eigenvalue weighted by Crippen LogP contribution is -2.16. The molecule has 174 valence electrons. The van der Waals surface area contributed by atoms with Gasteiger partial charge in [-0.15, -0.1) is 0 Å². The lowest BCUT2D eigenvalue weighted by molar-refractivity contribution is 0.957. The van der Waals surface area contributed by atoms with Gasteiger partial charge in [-0.25, -0.2) is 0 Å². The SMILES string of the molecule is CC1C=CC=CC1=c1ccc(=C(c2ccccc2)c2c(-c3ccccc3)n(C)c3ccccc23)cc1. The van der Waals surface area contributed by atoms with Crippen molar-refractivity contribution in [2.45, 2.75) is 6.92 Å². The Hall–Kier alpha value is -4.36. The molecule has 4 aromatic carbocycles. The maximum Gasteiger partial charge on any atom is 0.0568 e. The van der Waals surface area contributed by atoms with E-state index in [0.29, 0.717) is 5.92 Å². The molecule has 1 nitrogen and oxygen atoms in total. The van der Waals surface area contributed by atoms with Crippen molar-refractivity contribution < 1.29 is 0 Å². The summed E-state index contributed by atoms with van der Waals surface area (Å²) in [4.78, 5) is 0. The van der Waals surface area contributed by atoms with Crippen molar-refractivity contribution in [3.8, 4) is 11.3 Å². The van der Waals surface area contributed by atoms with E-state index >= 15 is 0 Å². The predicted octanol–water partition coefficient (Wildman–Crippen LogP) is 7.01. The summed E-state index contributed by atoms with van der Waals surface area (Å²) in [5.41, 5.74) is 8.82. The minimum absolute atomic E-state index is 0.418. The summed E-state index contributed by atoms with van der Waals surface area (Å²) in [5, 5.41) is 3.77. The van der Waals surface area contributed by atoms with Crippen molar-refractivity contribution in [1.29, 1.82) is 0 Å². The van der Waals surface area contributed by atoms with Gasteiger partial charge >= 0.3 is 0 Å². The molecule has 1 aliphatic carbocycles. The Morgan fingerprint density at radius 3 is 2.08 bits per heavy atom. The molecule has 0 N–H and O–H groups in total. The average Bonchev–Trinajstić information content (AvgIpc) is 3.23. The summed E-state index contributed by atoms with van der Waals surface area (Å²) in [7, 11) is 2.18. The molecular weight excluding hydrogens is 434 g/mol. The normalized spacial score (nSPS) is 14.9. The van der Waals surface area contributed by atoms with Crippen LogP contribution in [0.2, 0.25) is 0 Å². The van der Waals surface area contributed by atoms with Gasteiger partial charge in [0.1, 0.15) is 0 Å². The summed E-state index contributed by atoms with van der Waals surface area (Å²) in [5.74, 6) is 0.418. The zero-order chi connectivity index (χ0) is 24.5. The fourth-order valence-corrected chi connectivity index (χ4v) is 5.47. The monoisotopic (exact) mass is 463 g/mol. The standard InChI is InChI=1S/C35H29N/c1-25-13-9-10-18-30(25)26-21-23-28(24-22-26)33(27-14-5-3-6-15-27)34-31-19-11-12-20-32(31)36(2)35(34)29-16-7-4-8-17-29/h3-25H,1-2H3. The Labute approximate surface area is 212 Å². The highest BCUT2D eigenvalue weighted by Crippen LogP contribution is 2.39. The van der Waals surface area contributed by atoms with Gasteiger partial charge in [-0.3, -0.25) is 0 Å². The minimum atomic E-state index is 0.418. The molecule has 0 spiro atoms. The zero-order valence-corrected chi connectivity index (χ0v) is 20.7. The molecule has 0 bridgehead atoms. The molecule has 0 radical (unpaired) electrons. The molecule has 0 amide bonds. The van der Waals surface area contributed by atoms with Crippen LogP contribution in [0.3, 0.4) is 0 Å². The van der Waals surface area contributed by atoms with Crippen LogP contribution in [0.5, 0.6) is 0 Å². The highest BCUT2D eigenvalue weighted by molar-refractivity contribution is 6.04. The van der Waals surface area contributed by atoms with E-state index in [1.807, 2.05) is 0 Å². The van der Waals surface area contributed by atoms with Crippen LogP contribution >= 0.6 is 0 Å². The van der Waals surface area contributed by atoms with Crippen LogP contribution in [0.1, 0.15) is 18.1 Å². The van der Waals surface area contributed by atoms with Crippen LogP contribution in [0.4, 0.5) is 0 Å². The second-order valence-corrected chi connectivity index (χ2v) is 9.47. The lowest BCUT2D eigenvalue weighted by atomic mass is 9.90. The topological polar surface area (TPSA) is 4.93 Å². The summed E-state index contributed by atoms with van der Waals surface area (Å²) in [6, 6.07) is 39.5. The van der Waals surface area contributed by atoms with E-state index in [4.69, 9.17) is 0 Å². The summed E-state index contributed by atoms with van der Waals surface area (Å²) >= 11 is 0. The van der Waals surface area contributed by atoms with Crippen molar-refractivity contribution in [3.05, 3.63) is 155 Å². The Morgan fingerprint density at radius 1 is 0.694 bits per heavy atom. The molecule has 1 heterocycles. The fraction of sp³-hybridized carbons (Fsp3) is 0.0857. The number of allylic oxidation sites excluding steroid dienone is 4. The van der Waals surface area contributed by atoms with E-state index in [1.54, 1.807) is 0 Å². The van der Waals surface area contributed by atoms with Crippen LogP contribution in [-0.4, -0.2) is 4.57 Å². The number of benzene rings is 4. The Kier molecular flexibility index (Phi) is 5.75. The van der Waals surface area contributed by atoms with Gasteiger partial charge in [0.2, 0.25) is 0 Å². The lowest BCUT2D eigenvalue weighted by Gasteiger charge is -2.14. The van der Waals surface area contributed by atoms with Gasteiger partial charge in [0.15, 0.2) is 0 Å². The van der Waals surface area contributed by atoms with E-state index in [-0.39, 0.29) is 0 Å². The average molecular weight is 464 g/mol. The molecule has 1 heteroatoms. The number of aryl methyl sites for hydroxylation is 1. The first-order valence-corrected chi connectivity index (χ1v) is 12.6. The van der Waals surface area contributed by atoms with Crippen molar-refractivity contribution in [1.82, 2.24) is 4.57 Å². The first kappa shape index (κ1) is 22.1. The van der Waals surface area contributed by atoms with Gasteiger partial charge in [0.25, 0.3) is 0 Å². The van der Waals surface area contributed by atoms with Crippen LogP contribution in [0.25, 0.3) is 33.3 Å². The first-order valence-electron chi connectivity index (χ1n) is 12.6.